The summed E-state index contributed by atoms with van der Waals surface area (Å²) in [7, 11) is 0. The Labute approximate surface area is 158 Å². The molecule has 5 N–H and O–H groups in total. The van der Waals surface area contributed by atoms with Crippen LogP contribution in [0.1, 0.15) is 40.3 Å². The van der Waals surface area contributed by atoms with E-state index in [1.807, 2.05) is 6.92 Å². The van der Waals surface area contributed by atoms with Crippen LogP contribution >= 0.6 is 11.8 Å². The van der Waals surface area contributed by atoms with Gasteiger partial charge >= 0.3 is 5.97 Å². The third-order valence-electron chi connectivity index (χ3n) is 3.38. The number of anilines is 2. The van der Waals surface area contributed by atoms with Crippen LogP contribution in [0.4, 0.5) is 11.8 Å². The summed E-state index contributed by atoms with van der Waals surface area (Å²) >= 11 is 1.37. The van der Waals surface area contributed by atoms with Crippen LogP contribution in [-0.4, -0.2) is 44.9 Å². The van der Waals surface area contributed by atoms with E-state index in [4.69, 9.17) is 20.6 Å². The lowest BCUT2D eigenvalue weighted by atomic mass is 10.1. The van der Waals surface area contributed by atoms with Crippen molar-refractivity contribution in [3.8, 4) is 0 Å². The molecule has 0 saturated carbocycles. The number of rotatable bonds is 8. The van der Waals surface area contributed by atoms with Crippen molar-refractivity contribution in [2.75, 3.05) is 23.4 Å². The highest BCUT2D eigenvalue weighted by molar-refractivity contribution is 7.99. The Morgan fingerprint density at radius 3 is 2.56 bits per heavy atom. The lowest BCUT2D eigenvalue weighted by Crippen LogP contribution is -2.23. The first-order valence-corrected chi connectivity index (χ1v) is 9.00. The summed E-state index contributed by atoms with van der Waals surface area (Å²) in [6.45, 7) is 4.89. The number of esters is 1. The molecular weight excluding hydrogens is 376 g/mol. The molecule has 0 spiro atoms. The highest BCUT2D eigenvalue weighted by Gasteiger charge is 2.29. The molecule has 0 atom stereocenters. The Morgan fingerprint density at radius 2 is 1.96 bits per heavy atom. The number of ether oxygens (including phenoxy) is 1. The number of aryl methyl sites for hydroxylation is 1. The molecule has 0 aliphatic carbocycles. The molecule has 2 heterocycles. The maximum Gasteiger partial charge on any atom is 0.342 e. The van der Waals surface area contributed by atoms with Crippen LogP contribution < -0.4 is 16.8 Å². The standard InChI is InChI=1S/C15H20N6O5S/c1-4-25-13(24)9-7(3)26-12(10(9)11(16)23)18-8(22)6-21-14(17)19-20-15(21)27-5-2/h4-6H2,1-3H3,(H2,16,23)(H2,17,19)(H,18,22). The summed E-state index contributed by atoms with van der Waals surface area (Å²) in [5.74, 6) is -1.61. The number of hydrogen-bond acceptors (Lipinski definition) is 9. The first-order chi connectivity index (χ1) is 12.8. The van der Waals surface area contributed by atoms with E-state index in [1.165, 1.54) is 23.3 Å². The van der Waals surface area contributed by atoms with Gasteiger partial charge < -0.3 is 20.6 Å². The third kappa shape index (κ3) is 4.39. The molecule has 0 unspecified atom stereocenters. The molecule has 0 radical (unpaired) electrons. The number of nitrogens with one attached hydrogen (secondary N) is 1. The van der Waals surface area contributed by atoms with Crippen molar-refractivity contribution < 1.29 is 23.5 Å². The zero-order valence-corrected chi connectivity index (χ0v) is 15.9. The maximum atomic E-state index is 12.4. The lowest BCUT2D eigenvalue weighted by molar-refractivity contribution is -0.116. The van der Waals surface area contributed by atoms with Gasteiger partial charge in [-0.3, -0.25) is 19.5 Å². The van der Waals surface area contributed by atoms with E-state index in [0.717, 1.165) is 0 Å². The molecule has 27 heavy (non-hydrogen) atoms. The normalized spacial score (nSPS) is 10.6. The molecule has 2 aromatic rings. The fourth-order valence-corrected chi connectivity index (χ4v) is 2.98. The van der Waals surface area contributed by atoms with Crippen LogP contribution in [0, 0.1) is 6.92 Å². The Bertz CT molecular complexity index is 874. The zero-order valence-electron chi connectivity index (χ0n) is 15.1. The first-order valence-electron chi connectivity index (χ1n) is 8.01. The van der Waals surface area contributed by atoms with Gasteiger partial charge in [-0.25, -0.2) is 4.79 Å². The molecule has 2 rings (SSSR count). The zero-order chi connectivity index (χ0) is 20.1. The van der Waals surface area contributed by atoms with Gasteiger partial charge in [0, 0.05) is 0 Å². The van der Waals surface area contributed by atoms with E-state index < -0.39 is 17.8 Å². The molecular formula is C15H20N6O5S. The molecule has 0 aromatic carbocycles. The first kappa shape index (κ1) is 20.3. The predicted octanol–water partition coefficient (Wildman–Crippen LogP) is 0.788. The molecule has 146 valence electrons. The number of furan rings is 1. The molecule has 0 aliphatic rings. The molecule has 11 nitrogen and oxygen atoms in total. The monoisotopic (exact) mass is 396 g/mol. The second kappa shape index (κ2) is 8.58. The molecule has 0 aliphatic heterocycles. The Kier molecular flexibility index (Phi) is 6.45. The second-order valence-electron chi connectivity index (χ2n) is 5.23. The van der Waals surface area contributed by atoms with Crippen molar-refractivity contribution >= 4 is 41.4 Å². The fourth-order valence-electron chi connectivity index (χ4n) is 2.31. The van der Waals surface area contributed by atoms with Gasteiger partial charge in [0.1, 0.15) is 23.4 Å². The molecule has 2 amide bonds. The largest absolute Gasteiger partial charge is 0.462 e. The van der Waals surface area contributed by atoms with Gasteiger partial charge in [0.2, 0.25) is 17.7 Å². The summed E-state index contributed by atoms with van der Waals surface area (Å²) < 4.78 is 11.7. The SMILES string of the molecule is CCOC(=O)c1c(C)oc(NC(=O)Cn2c(N)nnc2SCC)c1C(N)=O. The topological polar surface area (TPSA) is 168 Å². The van der Waals surface area contributed by atoms with Crippen LogP contribution in [0.25, 0.3) is 0 Å². The minimum atomic E-state index is -0.934. The van der Waals surface area contributed by atoms with Crippen molar-refractivity contribution in [1.82, 2.24) is 14.8 Å². The number of primary amides is 1. The van der Waals surface area contributed by atoms with E-state index in [0.29, 0.717) is 10.9 Å². The predicted molar refractivity (Wildman–Crippen MR) is 97.4 cm³/mol. The lowest BCUT2D eigenvalue weighted by Gasteiger charge is -2.08. The summed E-state index contributed by atoms with van der Waals surface area (Å²) in [6.07, 6.45) is 0. The third-order valence-corrected chi connectivity index (χ3v) is 4.23. The van der Waals surface area contributed by atoms with Crippen molar-refractivity contribution in [2.45, 2.75) is 32.5 Å². The fraction of sp³-hybridized carbons (Fsp3) is 0.400. The van der Waals surface area contributed by atoms with Gasteiger partial charge in [-0.2, -0.15) is 0 Å². The number of thioether (sulfide) groups is 1. The number of hydrogen-bond donors (Lipinski definition) is 3. The van der Waals surface area contributed by atoms with Crippen LogP contribution in [0.5, 0.6) is 0 Å². The Morgan fingerprint density at radius 1 is 1.26 bits per heavy atom. The smallest absolute Gasteiger partial charge is 0.342 e. The van der Waals surface area contributed by atoms with Crippen LogP contribution in [0.15, 0.2) is 9.57 Å². The summed E-state index contributed by atoms with van der Waals surface area (Å²) in [5, 5.41) is 10.5. The molecule has 0 saturated heterocycles. The van der Waals surface area contributed by atoms with Gasteiger partial charge in [0.15, 0.2) is 5.16 Å². The van der Waals surface area contributed by atoms with E-state index in [-0.39, 0.29) is 41.9 Å². The van der Waals surface area contributed by atoms with Crippen molar-refractivity contribution in [3.05, 3.63) is 16.9 Å². The number of nitrogens with two attached hydrogens (primary N) is 2. The number of nitrogens with zero attached hydrogens (tertiary/aromatic N) is 3. The summed E-state index contributed by atoms with van der Waals surface area (Å²) in [4.78, 5) is 36.3. The molecule has 0 bridgehead atoms. The van der Waals surface area contributed by atoms with E-state index in [1.54, 1.807) is 6.92 Å². The highest BCUT2D eigenvalue weighted by Crippen LogP contribution is 2.28. The van der Waals surface area contributed by atoms with E-state index in [9.17, 15) is 14.4 Å². The number of nitrogen functional groups attached to an aromatic ring is 1. The minimum absolute atomic E-state index is 0.0686. The molecule has 12 heteroatoms. The van der Waals surface area contributed by atoms with Gasteiger partial charge in [-0.15, -0.1) is 10.2 Å². The van der Waals surface area contributed by atoms with Crippen molar-refractivity contribution in [1.29, 1.82) is 0 Å². The number of carbonyl (C=O) groups is 3. The van der Waals surface area contributed by atoms with E-state index >= 15 is 0 Å². The number of carbonyl (C=O) groups excluding carboxylic acids is 3. The van der Waals surface area contributed by atoms with Crippen molar-refractivity contribution in [2.24, 2.45) is 5.73 Å². The minimum Gasteiger partial charge on any atom is -0.462 e. The molecule has 2 aromatic heterocycles. The van der Waals surface area contributed by atoms with Crippen LogP contribution in [-0.2, 0) is 16.1 Å². The van der Waals surface area contributed by atoms with E-state index in [2.05, 4.69) is 15.5 Å². The van der Waals surface area contributed by atoms with Crippen LogP contribution in [0.3, 0.4) is 0 Å². The van der Waals surface area contributed by atoms with Crippen molar-refractivity contribution in [3.63, 3.8) is 0 Å². The average Bonchev–Trinajstić information content (AvgIpc) is 3.09. The van der Waals surface area contributed by atoms with Gasteiger partial charge in [-0.1, -0.05) is 18.7 Å². The maximum absolute atomic E-state index is 12.4. The Hall–Kier alpha value is -3.02. The summed E-state index contributed by atoms with van der Waals surface area (Å²) in [5.41, 5.74) is 10.7. The Balaban J connectivity index is 2.28. The highest BCUT2D eigenvalue weighted by atomic mass is 32.2. The summed E-state index contributed by atoms with van der Waals surface area (Å²) in [6, 6.07) is 0. The van der Waals surface area contributed by atoms with Crippen LogP contribution in [0.2, 0.25) is 0 Å². The quantitative estimate of drug-likeness (QED) is 0.431. The van der Waals surface area contributed by atoms with Gasteiger partial charge in [0.25, 0.3) is 5.91 Å². The molecule has 0 fully saturated rings. The average molecular weight is 396 g/mol. The van der Waals surface area contributed by atoms with Gasteiger partial charge in [-0.05, 0) is 19.6 Å². The number of aromatic nitrogens is 3. The van der Waals surface area contributed by atoms with Gasteiger partial charge in [0.05, 0.1) is 6.61 Å². The second-order valence-corrected chi connectivity index (χ2v) is 6.46. The number of amides is 2.